The smallest absolute Gasteiger partial charge is 0.206 e. The fraction of sp³-hybridized carbons (Fsp3) is 0.273. The second-order valence-corrected chi connectivity index (χ2v) is 3.52. The number of hydrogen-bond acceptors (Lipinski definition) is 3. The average molecular weight is 220 g/mol. The standard InChI is InChI=1S/C11H16N4O/c1-8(2)16-10-5-3-9(4-6-10)7-14-15-11(12)13/h3-8H,1-2H3,(H4,12,13,15)/b14-7+. The van der Waals surface area contributed by atoms with Gasteiger partial charge in [0.2, 0.25) is 5.96 Å². The molecule has 0 spiro atoms. The fourth-order valence-electron chi connectivity index (χ4n) is 1.08. The summed E-state index contributed by atoms with van der Waals surface area (Å²) in [5, 5.41) is 10.7. The summed E-state index contributed by atoms with van der Waals surface area (Å²) in [5.41, 5.74) is 8.32. The molecule has 0 amide bonds. The molecule has 0 atom stereocenters. The van der Waals surface area contributed by atoms with E-state index in [4.69, 9.17) is 15.9 Å². The number of guanidine groups is 1. The summed E-state index contributed by atoms with van der Waals surface area (Å²) in [4.78, 5) is 0. The molecule has 0 aromatic heterocycles. The lowest BCUT2D eigenvalue weighted by atomic mass is 10.2. The van der Waals surface area contributed by atoms with Crippen LogP contribution in [-0.2, 0) is 0 Å². The van der Waals surface area contributed by atoms with Gasteiger partial charge in [0.15, 0.2) is 0 Å². The maximum absolute atomic E-state index is 6.90. The topological polar surface area (TPSA) is 83.5 Å². The lowest BCUT2D eigenvalue weighted by Crippen LogP contribution is -2.25. The van der Waals surface area contributed by atoms with Gasteiger partial charge in [-0.25, -0.2) is 5.43 Å². The van der Waals surface area contributed by atoms with E-state index >= 15 is 0 Å². The third-order valence-electron chi connectivity index (χ3n) is 1.65. The molecule has 0 aliphatic carbocycles. The molecule has 4 N–H and O–H groups in total. The Labute approximate surface area is 94.8 Å². The van der Waals surface area contributed by atoms with Crippen LogP contribution in [0.2, 0.25) is 0 Å². The zero-order valence-electron chi connectivity index (χ0n) is 9.40. The van der Waals surface area contributed by atoms with Crippen molar-refractivity contribution in [1.82, 2.24) is 5.43 Å². The summed E-state index contributed by atoms with van der Waals surface area (Å²) < 4.78 is 5.50. The van der Waals surface area contributed by atoms with Gasteiger partial charge in [-0.3, -0.25) is 5.41 Å². The van der Waals surface area contributed by atoms with Crippen molar-refractivity contribution in [1.29, 1.82) is 5.41 Å². The molecule has 1 aromatic carbocycles. The number of nitrogens with one attached hydrogen (secondary N) is 2. The van der Waals surface area contributed by atoms with Crippen molar-refractivity contribution >= 4 is 12.2 Å². The summed E-state index contributed by atoms with van der Waals surface area (Å²) in [7, 11) is 0. The van der Waals surface area contributed by atoms with Crippen LogP contribution in [0.5, 0.6) is 5.75 Å². The molecule has 0 aliphatic rings. The minimum absolute atomic E-state index is 0.166. The maximum Gasteiger partial charge on any atom is 0.206 e. The van der Waals surface area contributed by atoms with E-state index < -0.39 is 0 Å². The summed E-state index contributed by atoms with van der Waals surface area (Å²) in [6, 6.07) is 7.50. The first-order valence-corrected chi connectivity index (χ1v) is 4.98. The Morgan fingerprint density at radius 3 is 2.56 bits per heavy atom. The third-order valence-corrected chi connectivity index (χ3v) is 1.65. The van der Waals surface area contributed by atoms with Crippen molar-refractivity contribution in [2.45, 2.75) is 20.0 Å². The van der Waals surface area contributed by atoms with E-state index in [2.05, 4.69) is 10.5 Å². The van der Waals surface area contributed by atoms with Crippen molar-refractivity contribution in [3.8, 4) is 5.75 Å². The maximum atomic E-state index is 6.90. The van der Waals surface area contributed by atoms with E-state index in [-0.39, 0.29) is 12.1 Å². The molecule has 1 rings (SSSR count). The van der Waals surface area contributed by atoms with E-state index in [1.54, 1.807) is 6.21 Å². The Bertz CT molecular complexity index is 370. The molecular formula is C11H16N4O. The molecule has 0 unspecified atom stereocenters. The minimum Gasteiger partial charge on any atom is -0.491 e. The van der Waals surface area contributed by atoms with Gasteiger partial charge in [0.05, 0.1) is 12.3 Å². The Balaban J connectivity index is 2.57. The van der Waals surface area contributed by atoms with Crippen LogP contribution in [0.3, 0.4) is 0 Å². The van der Waals surface area contributed by atoms with Gasteiger partial charge in [0, 0.05) is 0 Å². The van der Waals surface area contributed by atoms with Crippen molar-refractivity contribution in [2.75, 3.05) is 0 Å². The van der Waals surface area contributed by atoms with Crippen LogP contribution in [0, 0.1) is 5.41 Å². The van der Waals surface area contributed by atoms with Gasteiger partial charge in [-0.05, 0) is 43.7 Å². The quantitative estimate of drug-likeness (QED) is 0.406. The lowest BCUT2D eigenvalue weighted by Gasteiger charge is -2.08. The lowest BCUT2D eigenvalue weighted by molar-refractivity contribution is 0.242. The number of hydrazone groups is 1. The predicted octanol–water partition coefficient (Wildman–Crippen LogP) is 1.29. The number of hydrogen-bond donors (Lipinski definition) is 3. The van der Waals surface area contributed by atoms with Crippen LogP contribution in [0.4, 0.5) is 0 Å². The largest absolute Gasteiger partial charge is 0.491 e. The normalized spacial score (nSPS) is 10.7. The third kappa shape index (κ3) is 4.45. The highest BCUT2D eigenvalue weighted by Crippen LogP contribution is 2.12. The summed E-state index contributed by atoms with van der Waals surface area (Å²) >= 11 is 0. The predicted molar refractivity (Wildman–Crippen MR) is 64.8 cm³/mol. The fourth-order valence-corrected chi connectivity index (χ4v) is 1.08. The molecule has 0 bridgehead atoms. The number of nitrogens with two attached hydrogens (primary N) is 1. The van der Waals surface area contributed by atoms with Crippen molar-refractivity contribution < 1.29 is 4.74 Å². The molecule has 86 valence electrons. The van der Waals surface area contributed by atoms with Crippen LogP contribution in [-0.4, -0.2) is 18.3 Å². The van der Waals surface area contributed by atoms with Crippen LogP contribution in [0.15, 0.2) is 29.4 Å². The second kappa shape index (κ2) is 5.75. The van der Waals surface area contributed by atoms with Gasteiger partial charge in [-0.2, -0.15) is 5.10 Å². The molecule has 0 fully saturated rings. The van der Waals surface area contributed by atoms with E-state index in [1.165, 1.54) is 0 Å². The molecule has 16 heavy (non-hydrogen) atoms. The van der Waals surface area contributed by atoms with Crippen LogP contribution >= 0.6 is 0 Å². The Hall–Kier alpha value is -2.04. The highest BCUT2D eigenvalue weighted by atomic mass is 16.5. The van der Waals surface area contributed by atoms with Crippen molar-refractivity contribution in [3.05, 3.63) is 29.8 Å². The van der Waals surface area contributed by atoms with Gasteiger partial charge >= 0.3 is 0 Å². The molecule has 0 heterocycles. The molecule has 0 saturated carbocycles. The summed E-state index contributed by atoms with van der Waals surface area (Å²) in [6.07, 6.45) is 1.75. The molecule has 1 aromatic rings. The Morgan fingerprint density at radius 2 is 2.06 bits per heavy atom. The molecule has 5 nitrogen and oxygen atoms in total. The van der Waals surface area contributed by atoms with E-state index in [0.29, 0.717) is 0 Å². The van der Waals surface area contributed by atoms with Crippen LogP contribution in [0.25, 0.3) is 0 Å². The zero-order chi connectivity index (χ0) is 12.0. The highest BCUT2D eigenvalue weighted by Gasteiger charge is 1.96. The van der Waals surface area contributed by atoms with Crippen LogP contribution < -0.4 is 15.9 Å². The van der Waals surface area contributed by atoms with Crippen LogP contribution in [0.1, 0.15) is 19.4 Å². The summed E-state index contributed by atoms with van der Waals surface area (Å²) in [6.45, 7) is 3.96. The first kappa shape index (κ1) is 12.0. The van der Waals surface area contributed by atoms with Crippen molar-refractivity contribution in [2.24, 2.45) is 10.8 Å². The second-order valence-electron chi connectivity index (χ2n) is 3.52. The molecular weight excluding hydrogens is 204 g/mol. The number of nitrogens with zero attached hydrogens (tertiary/aromatic N) is 1. The minimum atomic E-state index is -0.184. The van der Waals surface area contributed by atoms with Gasteiger partial charge in [0.1, 0.15) is 5.75 Å². The van der Waals surface area contributed by atoms with Gasteiger partial charge in [0.25, 0.3) is 0 Å². The SMILES string of the molecule is CC(C)Oc1ccc(/C=N/NC(=N)N)cc1. The van der Waals surface area contributed by atoms with E-state index in [9.17, 15) is 0 Å². The van der Waals surface area contributed by atoms with E-state index in [0.717, 1.165) is 11.3 Å². The Kier molecular flexibility index (Phi) is 4.32. The Morgan fingerprint density at radius 1 is 1.44 bits per heavy atom. The monoisotopic (exact) mass is 220 g/mol. The number of ether oxygens (including phenoxy) is 1. The van der Waals surface area contributed by atoms with Gasteiger partial charge < -0.3 is 10.5 Å². The molecule has 0 aliphatic heterocycles. The van der Waals surface area contributed by atoms with Gasteiger partial charge in [-0.15, -0.1) is 0 Å². The molecule has 5 heteroatoms. The zero-order valence-corrected chi connectivity index (χ0v) is 9.40. The van der Waals surface area contributed by atoms with Crippen molar-refractivity contribution in [3.63, 3.8) is 0 Å². The first-order chi connectivity index (χ1) is 7.58. The van der Waals surface area contributed by atoms with E-state index in [1.807, 2.05) is 38.1 Å². The van der Waals surface area contributed by atoms with Gasteiger partial charge in [-0.1, -0.05) is 0 Å². The molecule has 0 saturated heterocycles. The number of rotatable bonds is 4. The molecule has 0 radical (unpaired) electrons. The number of benzene rings is 1. The summed E-state index contributed by atoms with van der Waals surface area (Å²) in [5.74, 6) is 0.641. The average Bonchev–Trinajstić information content (AvgIpc) is 2.19. The highest BCUT2D eigenvalue weighted by molar-refractivity contribution is 5.82. The first-order valence-electron chi connectivity index (χ1n) is 4.98.